The van der Waals surface area contributed by atoms with Crippen LogP contribution in [0.25, 0.3) is 5.70 Å². The van der Waals surface area contributed by atoms with E-state index in [0.29, 0.717) is 24.5 Å². The van der Waals surface area contributed by atoms with Gasteiger partial charge in [-0.2, -0.15) is 0 Å². The summed E-state index contributed by atoms with van der Waals surface area (Å²) in [5, 5.41) is 3.03. The largest absolute Gasteiger partial charge is 0.386 e. The van der Waals surface area contributed by atoms with Crippen LogP contribution >= 0.6 is 0 Å². The molecule has 0 saturated carbocycles. The molecule has 4 rings (SSSR count). The third-order valence-electron chi connectivity index (χ3n) is 5.50. The Morgan fingerprint density at radius 1 is 1.13 bits per heavy atom. The van der Waals surface area contributed by atoms with Crippen molar-refractivity contribution < 1.29 is 4.79 Å². The first kappa shape index (κ1) is 20.1. The van der Waals surface area contributed by atoms with Crippen LogP contribution in [-0.4, -0.2) is 54.4 Å². The molecule has 3 heterocycles. The predicted molar refractivity (Wildman–Crippen MR) is 120 cm³/mol. The molecule has 0 radical (unpaired) electrons. The van der Waals surface area contributed by atoms with Crippen molar-refractivity contribution in [3.63, 3.8) is 0 Å². The lowest BCUT2D eigenvalue weighted by atomic mass is 10.1. The lowest BCUT2D eigenvalue weighted by Crippen LogP contribution is -2.35. The van der Waals surface area contributed by atoms with Gasteiger partial charge in [-0.3, -0.25) is 9.78 Å². The minimum absolute atomic E-state index is 0.0352. The van der Waals surface area contributed by atoms with Gasteiger partial charge in [0.15, 0.2) is 0 Å². The van der Waals surface area contributed by atoms with Gasteiger partial charge in [-0.25, -0.2) is 4.99 Å². The summed E-state index contributed by atoms with van der Waals surface area (Å²) in [6, 6.07) is 11.5. The maximum Gasteiger partial charge on any atom is 0.251 e. The van der Waals surface area contributed by atoms with Crippen LogP contribution in [0.5, 0.6) is 0 Å². The number of aliphatic imine (C=N–C) groups is 1. The number of hydrogen-bond donors (Lipinski definition) is 2. The summed E-state index contributed by atoms with van der Waals surface area (Å²) in [6.45, 7) is 4.64. The highest BCUT2D eigenvalue weighted by Gasteiger charge is 2.19. The van der Waals surface area contributed by atoms with Crippen molar-refractivity contribution in [2.45, 2.75) is 19.3 Å². The van der Waals surface area contributed by atoms with E-state index in [9.17, 15) is 4.79 Å². The minimum atomic E-state index is -0.0352. The van der Waals surface area contributed by atoms with Gasteiger partial charge in [-0.05, 0) is 68.7 Å². The van der Waals surface area contributed by atoms with Crippen LogP contribution in [0.15, 0.2) is 60.0 Å². The maximum atomic E-state index is 12.5. The molecule has 0 aliphatic carbocycles. The Kier molecular flexibility index (Phi) is 6.39. The highest BCUT2D eigenvalue weighted by atomic mass is 16.1. The predicted octanol–water partition coefficient (Wildman–Crippen LogP) is 2.47. The second kappa shape index (κ2) is 9.54. The number of amides is 1. The number of rotatable bonds is 7. The van der Waals surface area contributed by atoms with E-state index < -0.39 is 0 Å². The van der Waals surface area contributed by atoms with Gasteiger partial charge in [0.25, 0.3) is 5.91 Å². The van der Waals surface area contributed by atoms with E-state index in [1.54, 1.807) is 18.6 Å². The van der Waals surface area contributed by atoms with Crippen LogP contribution < -0.4 is 16.0 Å². The Labute approximate surface area is 177 Å². The van der Waals surface area contributed by atoms with Gasteiger partial charge in [0, 0.05) is 18.3 Å². The Morgan fingerprint density at radius 2 is 1.93 bits per heavy atom. The first-order valence-electron chi connectivity index (χ1n) is 10.5. The quantitative estimate of drug-likeness (QED) is 0.693. The summed E-state index contributed by atoms with van der Waals surface area (Å²) < 4.78 is 0. The van der Waals surface area contributed by atoms with E-state index in [-0.39, 0.29) is 5.91 Å². The number of hydrogen-bond acceptors (Lipinski definition) is 6. The van der Waals surface area contributed by atoms with Crippen LogP contribution in [0.1, 0.15) is 35.2 Å². The van der Waals surface area contributed by atoms with E-state index in [4.69, 9.17) is 5.73 Å². The van der Waals surface area contributed by atoms with Gasteiger partial charge < -0.3 is 20.9 Å². The van der Waals surface area contributed by atoms with E-state index in [0.717, 1.165) is 29.9 Å². The normalized spacial score (nSPS) is 16.9. The Balaban J connectivity index is 1.38. The highest BCUT2D eigenvalue weighted by Crippen LogP contribution is 2.27. The summed E-state index contributed by atoms with van der Waals surface area (Å²) in [4.78, 5) is 25.5. The molecule has 0 atom stereocenters. The SMILES string of the molecule is NC1=NC=C(c2ccc(C(=O)NCCCN3CCCC3)cc2)N(c2cccnc2)C1. The van der Waals surface area contributed by atoms with Gasteiger partial charge in [0.1, 0.15) is 5.84 Å². The molecule has 2 aromatic rings. The molecule has 1 aromatic heterocycles. The number of nitrogens with one attached hydrogen (secondary N) is 1. The number of pyridine rings is 1. The van der Waals surface area contributed by atoms with Crippen LogP contribution in [0.3, 0.4) is 0 Å². The standard InChI is InChI=1S/C23H28N6O/c24-22-17-29(20-5-3-10-25-15-20)21(16-27-22)18-6-8-19(9-7-18)23(30)26-11-4-14-28-12-1-2-13-28/h3,5-10,15-16H,1-2,4,11-14,17H2,(H2,24,27)(H,26,30). The number of likely N-dealkylation sites (tertiary alicyclic amines) is 1. The number of amidine groups is 1. The summed E-state index contributed by atoms with van der Waals surface area (Å²) in [6.07, 6.45) is 8.88. The Hall–Kier alpha value is -3.19. The average molecular weight is 405 g/mol. The summed E-state index contributed by atoms with van der Waals surface area (Å²) in [5.41, 5.74) is 9.46. The van der Waals surface area contributed by atoms with Crippen molar-refractivity contribution in [3.05, 3.63) is 66.1 Å². The molecule has 1 amide bonds. The molecule has 0 bridgehead atoms. The maximum absolute atomic E-state index is 12.5. The molecule has 3 N–H and O–H groups in total. The number of carbonyl (C=O) groups excluding carboxylic acids is 1. The number of aromatic nitrogens is 1. The lowest BCUT2D eigenvalue weighted by Gasteiger charge is -2.29. The minimum Gasteiger partial charge on any atom is -0.386 e. The molecule has 2 aliphatic rings. The van der Waals surface area contributed by atoms with Crippen molar-refractivity contribution in [1.82, 2.24) is 15.2 Å². The lowest BCUT2D eigenvalue weighted by molar-refractivity contribution is 0.0952. The zero-order valence-corrected chi connectivity index (χ0v) is 17.1. The molecule has 156 valence electrons. The third-order valence-corrected chi connectivity index (χ3v) is 5.50. The smallest absolute Gasteiger partial charge is 0.251 e. The van der Waals surface area contributed by atoms with Gasteiger partial charge in [0.05, 0.1) is 30.3 Å². The van der Waals surface area contributed by atoms with Gasteiger partial charge >= 0.3 is 0 Å². The molecule has 1 fully saturated rings. The van der Waals surface area contributed by atoms with E-state index in [1.165, 1.54) is 25.9 Å². The number of nitrogens with two attached hydrogens (primary N) is 1. The number of nitrogens with zero attached hydrogens (tertiary/aromatic N) is 4. The van der Waals surface area contributed by atoms with Crippen LogP contribution in [0.2, 0.25) is 0 Å². The second-order valence-electron chi connectivity index (χ2n) is 7.67. The molecule has 7 heteroatoms. The van der Waals surface area contributed by atoms with Crippen molar-refractivity contribution in [2.24, 2.45) is 10.7 Å². The number of benzene rings is 1. The molecular formula is C23H28N6O. The fourth-order valence-corrected chi connectivity index (χ4v) is 3.88. The monoisotopic (exact) mass is 404 g/mol. The highest BCUT2D eigenvalue weighted by molar-refractivity contribution is 5.96. The molecule has 1 saturated heterocycles. The van der Waals surface area contributed by atoms with Gasteiger partial charge in [-0.1, -0.05) is 12.1 Å². The topological polar surface area (TPSA) is 86.8 Å². The molecule has 7 nitrogen and oxygen atoms in total. The first-order chi connectivity index (χ1) is 14.7. The van der Waals surface area contributed by atoms with Crippen LogP contribution in [0, 0.1) is 0 Å². The first-order valence-corrected chi connectivity index (χ1v) is 10.5. The fraction of sp³-hybridized carbons (Fsp3) is 0.348. The number of anilines is 1. The van der Waals surface area contributed by atoms with Crippen LogP contribution in [-0.2, 0) is 0 Å². The summed E-state index contributed by atoms with van der Waals surface area (Å²) >= 11 is 0. The third kappa shape index (κ3) is 4.86. The fourth-order valence-electron chi connectivity index (χ4n) is 3.88. The molecule has 2 aliphatic heterocycles. The van der Waals surface area contributed by atoms with Gasteiger partial charge in [-0.15, -0.1) is 0 Å². The van der Waals surface area contributed by atoms with E-state index in [2.05, 4.69) is 25.1 Å². The van der Waals surface area contributed by atoms with Crippen molar-refractivity contribution >= 4 is 23.1 Å². The molecule has 0 spiro atoms. The average Bonchev–Trinajstić information content (AvgIpc) is 3.31. The zero-order valence-electron chi connectivity index (χ0n) is 17.1. The second-order valence-corrected chi connectivity index (χ2v) is 7.67. The molecule has 0 unspecified atom stereocenters. The molecular weight excluding hydrogens is 376 g/mol. The zero-order chi connectivity index (χ0) is 20.8. The molecule has 30 heavy (non-hydrogen) atoms. The van der Waals surface area contributed by atoms with Crippen molar-refractivity contribution in [2.75, 3.05) is 37.6 Å². The van der Waals surface area contributed by atoms with Gasteiger partial charge in [0.2, 0.25) is 0 Å². The Bertz CT molecular complexity index is 916. The Morgan fingerprint density at radius 3 is 2.67 bits per heavy atom. The van der Waals surface area contributed by atoms with Crippen molar-refractivity contribution in [1.29, 1.82) is 0 Å². The van der Waals surface area contributed by atoms with Crippen molar-refractivity contribution in [3.8, 4) is 0 Å². The van der Waals surface area contributed by atoms with E-state index in [1.807, 2.05) is 36.4 Å². The van der Waals surface area contributed by atoms with E-state index >= 15 is 0 Å². The molecule has 1 aromatic carbocycles. The van der Waals surface area contributed by atoms with Crippen LogP contribution in [0.4, 0.5) is 5.69 Å². The summed E-state index contributed by atoms with van der Waals surface area (Å²) in [5.74, 6) is 0.513. The number of carbonyl (C=O) groups is 1. The summed E-state index contributed by atoms with van der Waals surface area (Å²) in [7, 11) is 0.